The molecule has 1 aliphatic carbocycles. The summed E-state index contributed by atoms with van der Waals surface area (Å²) in [5.74, 6) is 0.640. The van der Waals surface area contributed by atoms with Crippen LogP contribution >= 0.6 is 11.6 Å². The maximum Gasteiger partial charge on any atom is 0.303 e. The zero-order valence-corrected chi connectivity index (χ0v) is 28.0. The van der Waals surface area contributed by atoms with Gasteiger partial charge in [-0.1, -0.05) is 65.9 Å². The number of rotatable bonds is 14. The van der Waals surface area contributed by atoms with Crippen LogP contribution in [0, 0.1) is 29.3 Å². The predicted molar refractivity (Wildman–Crippen MR) is 180 cm³/mol. The number of nitrogens with zero attached hydrogens (tertiary/aromatic N) is 2. The minimum atomic E-state index is -1.37. The van der Waals surface area contributed by atoms with Crippen molar-refractivity contribution < 1.29 is 37.4 Å². The van der Waals surface area contributed by atoms with Gasteiger partial charge in [-0.05, 0) is 67.0 Å². The van der Waals surface area contributed by atoms with Crippen LogP contribution in [0.2, 0.25) is 5.02 Å². The Morgan fingerprint density at radius 1 is 1.00 bits per heavy atom. The molecule has 3 atom stereocenters. The zero-order chi connectivity index (χ0) is 35.4. The molecule has 12 heteroatoms. The number of piperazine rings is 1. The lowest BCUT2D eigenvalue weighted by Crippen LogP contribution is -2.74. The number of benzene rings is 3. The number of hydrogen-bond donors (Lipinski definition) is 2. The smallest absolute Gasteiger partial charge is 0.303 e. The van der Waals surface area contributed by atoms with Crippen molar-refractivity contribution >= 4 is 29.4 Å². The maximum absolute atomic E-state index is 14.7. The first-order valence-corrected chi connectivity index (χ1v) is 17.1. The van der Waals surface area contributed by atoms with Gasteiger partial charge in [-0.3, -0.25) is 14.4 Å². The molecule has 1 saturated heterocycles. The van der Waals surface area contributed by atoms with E-state index in [1.165, 1.54) is 0 Å². The highest BCUT2D eigenvalue weighted by molar-refractivity contribution is 6.31. The van der Waals surface area contributed by atoms with Gasteiger partial charge in [0.25, 0.3) is 0 Å². The molecule has 8 nitrogen and oxygen atoms in total. The number of halogens is 4. The first-order chi connectivity index (χ1) is 24.1. The van der Waals surface area contributed by atoms with Crippen LogP contribution in [-0.2, 0) is 32.9 Å². The summed E-state index contributed by atoms with van der Waals surface area (Å²) in [5.41, 5.74) is 1.20. The summed E-state index contributed by atoms with van der Waals surface area (Å²) >= 11 is 6.52. The third-order valence-corrected chi connectivity index (χ3v) is 9.91. The standard InChI is InChI=1S/C38H37ClF3N3O5/c39-29-9-2-1-7-25(29)23-44(27-16-17-27)37(49)36-38(20-4-8-28(22-43-36)45(38)32(46)10-3-11-33(47)48)26-14-12-24(13-15-26)6-5-21-50-35-31(41)19-18-30(40)34(35)42/h1-2,7,9,12-15,18-19,27-28,36,43H,3,5-6,10-11,16-17,20-23H2,(H,47,48)/t28-,36?,38+/m0/s1. The molecule has 0 radical (unpaired) electrons. The molecular weight excluding hydrogens is 671 g/mol. The largest absolute Gasteiger partial charge is 0.488 e. The fraction of sp³-hybridized carbons (Fsp3) is 0.395. The van der Waals surface area contributed by atoms with Crippen LogP contribution in [0.3, 0.4) is 0 Å². The summed E-state index contributed by atoms with van der Waals surface area (Å²) < 4.78 is 46.7. The van der Waals surface area contributed by atoms with E-state index in [1.807, 2.05) is 47.4 Å². The van der Waals surface area contributed by atoms with Gasteiger partial charge in [0.15, 0.2) is 17.4 Å². The van der Waals surface area contributed by atoms with E-state index in [9.17, 15) is 32.7 Å². The highest BCUT2D eigenvalue weighted by atomic mass is 35.5. The molecule has 3 aromatic rings. The minimum absolute atomic E-state index is 0.0102. The van der Waals surface area contributed by atoms with E-state index in [4.69, 9.17) is 16.3 Å². The summed E-state index contributed by atoms with van der Waals surface area (Å²) in [6.45, 7) is 0.524. The molecular formula is C38H37ClF3N3O5. The normalized spacial score (nSPS) is 20.8. The van der Waals surface area contributed by atoms with Crippen molar-refractivity contribution in [1.82, 2.24) is 15.1 Å². The number of amides is 2. The molecule has 2 aliphatic heterocycles. The van der Waals surface area contributed by atoms with Crippen LogP contribution in [0.5, 0.6) is 5.75 Å². The molecule has 50 heavy (non-hydrogen) atoms. The van der Waals surface area contributed by atoms with Crippen molar-refractivity contribution in [1.29, 1.82) is 0 Å². The van der Waals surface area contributed by atoms with E-state index in [0.717, 1.165) is 30.0 Å². The Morgan fingerprint density at radius 2 is 1.74 bits per heavy atom. The third-order valence-electron chi connectivity index (χ3n) is 9.54. The Bertz CT molecular complexity index is 1830. The molecule has 2 bridgehead atoms. The lowest BCUT2D eigenvalue weighted by molar-refractivity contribution is -0.153. The highest BCUT2D eigenvalue weighted by Gasteiger charge is 2.57. The number of nitrogens with one attached hydrogen (secondary N) is 1. The fourth-order valence-electron chi connectivity index (χ4n) is 6.92. The van der Waals surface area contributed by atoms with Gasteiger partial charge in [0.1, 0.15) is 17.6 Å². The molecule has 2 fully saturated rings. The molecule has 3 aliphatic rings. The van der Waals surface area contributed by atoms with Crippen LogP contribution in [-0.4, -0.2) is 64.0 Å². The molecule has 1 unspecified atom stereocenters. The average Bonchev–Trinajstić information content (AvgIpc) is 3.94. The number of aryl methyl sites for hydroxylation is 1. The average molecular weight is 708 g/mol. The highest BCUT2D eigenvalue weighted by Crippen LogP contribution is 2.44. The second-order valence-corrected chi connectivity index (χ2v) is 13.3. The van der Waals surface area contributed by atoms with Crippen molar-refractivity contribution in [2.45, 2.75) is 81.6 Å². The number of ether oxygens (including phenoxy) is 1. The molecule has 3 aromatic carbocycles. The minimum Gasteiger partial charge on any atom is -0.488 e. The predicted octanol–water partition coefficient (Wildman–Crippen LogP) is 5.99. The fourth-order valence-corrected chi connectivity index (χ4v) is 7.12. The van der Waals surface area contributed by atoms with E-state index in [1.54, 1.807) is 11.0 Å². The van der Waals surface area contributed by atoms with Crippen molar-refractivity contribution in [3.05, 3.63) is 99.8 Å². The van der Waals surface area contributed by atoms with Gasteiger partial charge in [-0.2, -0.15) is 4.39 Å². The van der Waals surface area contributed by atoms with Crippen LogP contribution in [0.15, 0.2) is 60.7 Å². The number of carbonyl (C=O) groups excluding carboxylic acids is 2. The molecule has 2 amide bonds. The second kappa shape index (κ2) is 15.2. The molecule has 262 valence electrons. The Labute approximate surface area is 293 Å². The monoisotopic (exact) mass is 707 g/mol. The molecule has 2 heterocycles. The Morgan fingerprint density at radius 3 is 2.46 bits per heavy atom. The topological polar surface area (TPSA) is 99.2 Å². The molecule has 1 saturated carbocycles. The summed E-state index contributed by atoms with van der Waals surface area (Å²) in [4.78, 5) is 43.6. The second-order valence-electron chi connectivity index (χ2n) is 12.9. The van der Waals surface area contributed by atoms with E-state index < -0.39 is 46.8 Å². The summed E-state index contributed by atoms with van der Waals surface area (Å²) in [5, 5.41) is 13.2. The number of carboxylic acids is 1. The van der Waals surface area contributed by atoms with E-state index in [-0.39, 0.29) is 56.7 Å². The molecule has 6 rings (SSSR count). The first kappa shape index (κ1) is 35.3. The number of carboxylic acid groups (broad SMARTS) is 1. The van der Waals surface area contributed by atoms with Crippen LogP contribution in [0.1, 0.15) is 61.6 Å². The van der Waals surface area contributed by atoms with Gasteiger partial charge in [-0.25, -0.2) is 8.78 Å². The number of aliphatic carboxylic acids is 1. The number of hydrogen-bond acceptors (Lipinski definition) is 5. The van der Waals surface area contributed by atoms with Crippen LogP contribution in [0.25, 0.3) is 0 Å². The number of carbonyl (C=O) groups is 3. The van der Waals surface area contributed by atoms with Gasteiger partial charge < -0.3 is 25.0 Å². The first-order valence-electron chi connectivity index (χ1n) is 16.8. The van der Waals surface area contributed by atoms with Crippen molar-refractivity contribution in [3.63, 3.8) is 0 Å². The van der Waals surface area contributed by atoms with E-state index >= 15 is 0 Å². The molecule has 0 aromatic heterocycles. The van der Waals surface area contributed by atoms with Gasteiger partial charge in [0, 0.05) is 43.4 Å². The zero-order valence-electron chi connectivity index (χ0n) is 27.3. The Hall–Kier alpha value is -4.53. The summed E-state index contributed by atoms with van der Waals surface area (Å²) in [6.07, 6.45) is 2.72. The molecule has 0 spiro atoms. The van der Waals surface area contributed by atoms with Gasteiger partial charge in [0.05, 0.1) is 6.61 Å². The molecule has 2 N–H and O–H groups in total. The quantitative estimate of drug-likeness (QED) is 0.122. The Balaban J connectivity index is 1.28. The Kier molecular flexibility index (Phi) is 10.7. The lowest BCUT2D eigenvalue weighted by atomic mass is 9.72. The van der Waals surface area contributed by atoms with E-state index in [2.05, 4.69) is 17.2 Å². The van der Waals surface area contributed by atoms with Gasteiger partial charge >= 0.3 is 5.97 Å². The maximum atomic E-state index is 14.7. The van der Waals surface area contributed by atoms with Crippen molar-refractivity contribution in [2.24, 2.45) is 0 Å². The summed E-state index contributed by atoms with van der Waals surface area (Å²) in [6, 6.07) is 15.0. The SMILES string of the molecule is O=C(O)CCCC(=O)N1[C@H]2C#CC[C@@]1(c1ccc(CCCOc3c(F)ccc(F)c3F)cc1)C(C(=O)N(Cc1ccccc1Cl)C1CC1)NC2. The van der Waals surface area contributed by atoms with Crippen molar-refractivity contribution in [3.8, 4) is 17.6 Å². The van der Waals surface area contributed by atoms with E-state index in [0.29, 0.717) is 36.0 Å². The van der Waals surface area contributed by atoms with Crippen molar-refractivity contribution in [2.75, 3.05) is 13.2 Å². The van der Waals surface area contributed by atoms with Gasteiger partial charge in [0.2, 0.25) is 17.6 Å². The van der Waals surface area contributed by atoms with Crippen LogP contribution < -0.4 is 10.1 Å². The number of fused-ring (bicyclic) bond motifs is 2. The van der Waals surface area contributed by atoms with Crippen LogP contribution in [0.4, 0.5) is 13.2 Å². The van der Waals surface area contributed by atoms with Gasteiger partial charge in [-0.15, -0.1) is 0 Å². The lowest BCUT2D eigenvalue weighted by Gasteiger charge is -2.56. The third kappa shape index (κ3) is 7.32. The summed E-state index contributed by atoms with van der Waals surface area (Å²) in [7, 11) is 0.